The molecule has 0 aromatic carbocycles. The van der Waals surface area contributed by atoms with Gasteiger partial charge in [0, 0.05) is 6.04 Å². The Morgan fingerprint density at radius 1 is 1.07 bits per heavy atom. The Balaban J connectivity index is 4.12. The predicted molar refractivity (Wildman–Crippen MR) is 70.1 cm³/mol. The highest BCUT2D eigenvalue weighted by atomic mass is 15.1. The smallest absolute Gasteiger partial charge is 0.0149 e. The van der Waals surface area contributed by atoms with Crippen molar-refractivity contribution in [3.05, 3.63) is 12.2 Å². The van der Waals surface area contributed by atoms with Crippen molar-refractivity contribution in [2.45, 2.75) is 53.0 Å². The van der Waals surface area contributed by atoms with Crippen LogP contribution in [0.2, 0.25) is 0 Å². The van der Waals surface area contributed by atoms with Crippen LogP contribution in [-0.2, 0) is 0 Å². The summed E-state index contributed by atoms with van der Waals surface area (Å²) < 4.78 is 0. The molecule has 3 atom stereocenters. The Morgan fingerprint density at radius 3 is 2.07 bits per heavy atom. The fraction of sp³-hybridized carbons (Fsp3) is 0.857. The number of hydrogen-bond donors (Lipinski definition) is 0. The van der Waals surface area contributed by atoms with E-state index in [0.717, 1.165) is 11.8 Å². The highest BCUT2D eigenvalue weighted by Gasteiger charge is 2.16. The standard InChI is InChI=1S/C14H29N/c1-7-12(3)10-9-11-14(15(5)6)13(4)8-2/h9-10,12-14H,7-8,11H2,1-6H3/b10-9-. The summed E-state index contributed by atoms with van der Waals surface area (Å²) in [6.45, 7) is 9.15. The van der Waals surface area contributed by atoms with Crippen LogP contribution in [0.25, 0.3) is 0 Å². The zero-order chi connectivity index (χ0) is 11.8. The van der Waals surface area contributed by atoms with E-state index < -0.39 is 0 Å². The van der Waals surface area contributed by atoms with Gasteiger partial charge in [0.15, 0.2) is 0 Å². The van der Waals surface area contributed by atoms with Gasteiger partial charge < -0.3 is 4.90 Å². The van der Waals surface area contributed by atoms with Gasteiger partial charge in [0.2, 0.25) is 0 Å². The summed E-state index contributed by atoms with van der Waals surface area (Å²) >= 11 is 0. The van der Waals surface area contributed by atoms with Crippen molar-refractivity contribution < 1.29 is 0 Å². The van der Waals surface area contributed by atoms with E-state index in [2.05, 4.69) is 58.8 Å². The van der Waals surface area contributed by atoms with E-state index in [9.17, 15) is 0 Å². The second-order valence-electron chi connectivity index (χ2n) is 4.97. The molecule has 0 saturated carbocycles. The average Bonchev–Trinajstić information content (AvgIpc) is 2.22. The fourth-order valence-corrected chi connectivity index (χ4v) is 1.81. The molecule has 0 fully saturated rings. The maximum Gasteiger partial charge on any atom is 0.0149 e. The second kappa shape index (κ2) is 7.92. The summed E-state index contributed by atoms with van der Waals surface area (Å²) in [7, 11) is 4.38. The molecule has 0 radical (unpaired) electrons. The molecule has 0 bridgehead atoms. The van der Waals surface area contributed by atoms with Crippen molar-refractivity contribution >= 4 is 0 Å². The van der Waals surface area contributed by atoms with Gasteiger partial charge in [-0.2, -0.15) is 0 Å². The molecule has 0 heterocycles. The van der Waals surface area contributed by atoms with Gasteiger partial charge in [-0.15, -0.1) is 0 Å². The predicted octanol–water partition coefficient (Wildman–Crippen LogP) is 3.96. The number of nitrogens with zero attached hydrogens (tertiary/aromatic N) is 1. The van der Waals surface area contributed by atoms with Crippen LogP contribution in [0, 0.1) is 11.8 Å². The molecule has 0 aliphatic rings. The van der Waals surface area contributed by atoms with E-state index in [4.69, 9.17) is 0 Å². The Hall–Kier alpha value is -0.300. The first-order valence-corrected chi connectivity index (χ1v) is 6.35. The van der Waals surface area contributed by atoms with E-state index in [-0.39, 0.29) is 0 Å². The third-order valence-electron chi connectivity index (χ3n) is 3.45. The largest absolute Gasteiger partial charge is 0.306 e. The number of allylic oxidation sites excluding steroid dienone is 1. The van der Waals surface area contributed by atoms with E-state index in [1.165, 1.54) is 19.3 Å². The highest BCUT2D eigenvalue weighted by Crippen LogP contribution is 2.16. The Bertz CT molecular complexity index is 172. The molecule has 0 rings (SSSR count). The lowest BCUT2D eigenvalue weighted by molar-refractivity contribution is 0.217. The van der Waals surface area contributed by atoms with Crippen molar-refractivity contribution in [3.63, 3.8) is 0 Å². The molecule has 0 saturated heterocycles. The molecule has 0 aromatic heterocycles. The maximum absolute atomic E-state index is 2.37. The summed E-state index contributed by atoms with van der Waals surface area (Å²) in [5, 5.41) is 0. The van der Waals surface area contributed by atoms with Crippen LogP contribution < -0.4 is 0 Å². The quantitative estimate of drug-likeness (QED) is 0.576. The van der Waals surface area contributed by atoms with Crippen LogP contribution in [0.5, 0.6) is 0 Å². The first-order valence-electron chi connectivity index (χ1n) is 6.35. The van der Waals surface area contributed by atoms with Gasteiger partial charge in [-0.1, -0.05) is 52.7 Å². The van der Waals surface area contributed by atoms with Crippen molar-refractivity contribution in [2.75, 3.05) is 14.1 Å². The Morgan fingerprint density at radius 2 is 1.67 bits per heavy atom. The molecule has 1 heteroatoms. The molecule has 0 N–H and O–H groups in total. The van der Waals surface area contributed by atoms with E-state index in [1.807, 2.05) is 0 Å². The molecule has 0 aromatic rings. The molecule has 0 aliphatic heterocycles. The third-order valence-corrected chi connectivity index (χ3v) is 3.45. The summed E-state index contributed by atoms with van der Waals surface area (Å²) in [6, 6.07) is 0.690. The van der Waals surface area contributed by atoms with Gasteiger partial charge >= 0.3 is 0 Å². The molecule has 1 nitrogen and oxygen atoms in total. The van der Waals surface area contributed by atoms with Crippen LogP contribution in [0.4, 0.5) is 0 Å². The number of rotatable bonds is 7. The molecule has 15 heavy (non-hydrogen) atoms. The minimum Gasteiger partial charge on any atom is -0.306 e. The van der Waals surface area contributed by atoms with Crippen molar-refractivity contribution in [1.82, 2.24) is 4.90 Å². The zero-order valence-corrected chi connectivity index (χ0v) is 11.5. The lowest BCUT2D eigenvalue weighted by atomic mass is 9.94. The Kier molecular flexibility index (Phi) is 7.76. The molecular weight excluding hydrogens is 182 g/mol. The van der Waals surface area contributed by atoms with Crippen LogP contribution in [-0.4, -0.2) is 25.0 Å². The van der Waals surface area contributed by atoms with Gasteiger partial charge in [-0.3, -0.25) is 0 Å². The summed E-state index contributed by atoms with van der Waals surface area (Å²) in [4.78, 5) is 2.36. The van der Waals surface area contributed by atoms with E-state index in [1.54, 1.807) is 0 Å². The minimum absolute atomic E-state index is 0.690. The van der Waals surface area contributed by atoms with Crippen molar-refractivity contribution in [1.29, 1.82) is 0 Å². The lowest BCUT2D eigenvalue weighted by Gasteiger charge is -2.28. The first kappa shape index (κ1) is 14.7. The summed E-state index contributed by atoms with van der Waals surface area (Å²) in [5.41, 5.74) is 0. The molecule has 0 spiro atoms. The van der Waals surface area contributed by atoms with Gasteiger partial charge in [-0.25, -0.2) is 0 Å². The zero-order valence-electron chi connectivity index (χ0n) is 11.5. The van der Waals surface area contributed by atoms with E-state index >= 15 is 0 Å². The average molecular weight is 211 g/mol. The minimum atomic E-state index is 0.690. The van der Waals surface area contributed by atoms with Crippen LogP contribution >= 0.6 is 0 Å². The second-order valence-corrected chi connectivity index (χ2v) is 4.97. The Labute approximate surface area is 96.6 Å². The van der Waals surface area contributed by atoms with Gasteiger partial charge in [-0.05, 0) is 32.4 Å². The third kappa shape index (κ3) is 5.99. The van der Waals surface area contributed by atoms with Gasteiger partial charge in [0.05, 0.1) is 0 Å². The van der Waals surface area contributed by atoms with Crippen molar-refractivity contribution in [3.8, 4) is 0 Å². The summed E-state index contributed by atoms with van der Waals surface area (Å²) in [5.74, 6) is 1.51. The van der Waals surface area contributed by atoms with Gasteiger partial charge in [0.25, 0.3) is 0 Å². The monoisotopic (exact) mass is 211 g/mol. The fourth-order valence-electron chi connectivity index (χ4n) is 1.81. The maximum atomic E-state index is 2.37. The lowest BCUT2D eigenvalue weighted by Crippen LogP contribution is -2.33. The van der Waals surface area contributed by atoms with Crippen LogP contribution in [0.3, 0.4) is 0 Å². The molecular formula is C14H29N. The first-order chi connectivity index (χ1) is 7.02. The van der Waals surface area contributed by atoms with Crippen LogP contribution in [0.15, 0.2) is 12.2 Å². The number of hydrogen-bond acceptors (Lipinski definition) is 1. The topological polar surface area (TPSA) is 3.24 Å². The van der Waals surface area contributed by atoms with E-state index in [0.29, 0.717) is 6.04 Å². The highest BCUT2D eigenvalue weighted by molar-refractivity contribution is 4.90. The molecule has 3 unspecified atom stereocenters. The molecule has 0 amide bonds. The van der Waals surface area contributed by atoms with Crippen molar-refractivity contribution in [2.24, 2.45) is 11.8 Å². The normalized spacial score (nSPS) is 18.3. The van der Waals surface area contributed by atoms with Gasteiger partial charge in [0.1, 0.15) is 0 Å². The summed E-state index contributed by atoms with van der Waals surface area (Å²) in [6.07, 6.45) is 8.42. The molecule has 0 aliphatic carbocycles. The SMILES string of the molecule is CCC(C)/C=C\CC(C(C)CC)N(C)C. The molecule has 90 valence electrons. The van der Waals surface area contributed by atoms with Crippen LogP contribution in [0.1, 0.15) is 47.0 Å².